The number of nitrogens with zero attached hydrogens (tertiary/aromatic N) is 1. The van der Waals surface area contributed by atoms with E-state index in [2.05, 4.69) is 0 Å². The zero-order valence-corrected chi connectivity index (χ0v) is 13.6. The molecule has 1 atom stereocenters. The summed E-state index contributed by atoms with van der Waals surface area (Å²) in [4.78, 5) is 0. The van der Waals surface area contributed by atoms with Crippen molar-refractivity contribution in [1.29, 1.82) is 0 Å². The number of hydrogen-bond donors (Lipinski definition) is 0. The molecule has 0 aromatic heterocycles. The van der Waals surface area contributed by atoms with E-state index in [-0.39, 0.29) is 11.8 Å². The Morgan fingerprint density at radius 1 is 1.30 bits per heavy atom. The Labute approximate surface area is 130 Å². The van der Waals surface area contributed by atoms with E-state index in [1.807, 2.05) is 18.2 Å². The molecule has 0 spiro atoms. The lowest BCUT2D eigenvalue weighted by Gasteiger charge is -2.24. The van der Waals surface area contributed by atoms with Crippen LogP contribution >= 0.6 is 23.2 Å². The molecule has 1 aromatic rings. The van der Waals surface area contributed by atoms with Crippen LogP contribution in [0.15, 0.2) is 24.3 Å². The molecular weight excluding hydrogens is 317 g/mol. The normalized spacial score (nSPS) is 20.4. The molecule has 0 amide bonds. The molecule has 1 unspecified atom stereocenters. The highest BCUT2D eigenvalue weighted by Crippen LogP contribution is 2.35. The van der Waals surface area contributed by atoms with Gasteiger partial charge in [0, 0.05) is 23.5 Å². The number of alkyl halides is 1. The molecule has 1 heterocycles. The van der Waals surface area contributed by atoms with Crippen molar-refractivity contribution in [3.63, 3.8) is 0 Å². The molecule has 1 aliphatic rings. The minimum Gasteiger partial charge on any atom is -0.212 e. The van der Waals surface area contributed by atoms with E-state index < -0.39 is 10.0 Å². The summed E-state index contributed by atoms with van der Waals surface area (Å²) in [6, 6.07) is 7.41. The molecule has 1 aliphatic heterocycles. The third-order valence-electron chi connectivity index (χ3n) is 3.58. The van der Waals surface area contributed by atoms with Gasteiger partial charge in [-0.3, -0.25) is 0 Å². The fraction of sp³-hybridized carbons (Fsp3) is 0.571. The minimum absolute atomic E-state index is 0.0744. The molecule has 0 bridgehead atoms. The zero-order chi connectivity index (χ0) is 14.6. The van der Waals surface area contributed by atoms with E-state index in [0.717, 1.165) is 24.8 Å². The number of benzene rings is 1. The fourth-order valence-corrected chi connectivity index (χ4v) is 4.83. The second-order valence-electron chi connectivity index (χ2n) is 5.04. The summed E-state index contributed by atoms with van der Waals surface area (Å²) in [7, 11) is -3.21. The monoisotopic (exact) mass is 335 g/mol. The Morgan fingerprint density at radius 3 is 2.80 bits per heavy atom. The van der Waals surface area contributed by atoms with Crippen molar-refractivity contribution in [2.45, 2.75) is 31.7 Å². The fourth-order valence-electron chi connectivity index (χ4n) is 2.62. The zero-order valence-electron chi connectivity index (χ0n) is 11.3. The summed E-state index contributed by atoms with van der Waals surface area (Å²) in [5.74, 6) is 0.685. The summed E-state index contributed by atoms with van der Waals surface area (Å²) >= 11 is 11.6. The third-order valence-corrected chi connectivity index (χ3v) is 6.04. The minimum atomic E-state index is -3.21. The summed E-state index contributed by atoms with van der Waals surface area (Å²) < 4.78 is 26.5. The lowest BCUT2D eigenvalue weighted by Crippen LogP contribution is -2.32. The summed E-state index contributed by atoms with van der Waals surface area (Å²) in [6.07, 6.45) is 3.10. The largest absolute Gasteiger partial charge is 0.214 e. The summed E-state index contributed by atoms with van der Waals surface area (Å²) in [5.41, 5.74) is 0.982. The van der Waals surface area contributed by atoms with Crippen LogP contribution in [0.2, 0.25) is 5.02 Å². The number of hydrogen-bond acceptors (Lipinski definition) is 2. The van der Waals surface area contributed by atoms with Crippen LogP contribution in [-0.4, -0.2) is 30.9 Å². The quantitative estimate of drug-likeness (QED) is 0.585. The summed E-state index contributed by atoms with van der Waals surface area (Å²) in [6.45, 7) is 0.598. The lowest BCUT2D eigenvalue weighted by atomic mass is 10.1. The van der Waals surface area contributed by atoms with Crippen molar-refractivity contribution < 1.29 is 8.42 Å². The smallest absolute Gasteiger partial charge is 0.212 e. The van der Waals surface area contributed by atoms with E-state index >= 15 is 0 Å². The van der Waals surface area contributed by atoms with Gasteiger partial charge in [-0.05, 0) is 43.4 Å². The molecule has 6 heteroatoms. The number of sulfonamides is 1. The van der Waals surface area contributed by atoms with Crippen LogP contribution in [0.3, 0.4) is 0 Å². The van der Waals surface area contributed by atoms with Crippen molar-refractivity contribution in [2.75, 3.05) is 18.2 Å². The molecule has 0 radical (unpaired) electrons. The number of unbranched alkanes of at least 4 members (excludes halogenated alkanes) is 1. The molecule has 3 nitrogen and oxygen atoms in total. The van der Waals surface area contributed by atoms with Crippen LogP contribution in [0, 0.1) is 0 Å². The van der Waals surface area contributed by atoms with Crippen LogP contribution in [0.5, 0.6) is 0 Å². The van der Waals surface area contributed by atoms with Gasteiger partial charge in [-0.15, -0.1) is 11.6 Å². The second-order valence-corrected chi connectivity index (χ2v) is 7.89. The van der Waals surface area contributed by atoms with E-state index in [4.69, 9.17) is 23.2 Å². The van der Waals surface area contributed by atoms with Gasteiger partial charge < -0.3 is 0 Å². The first kappa shape index (κ1) is 16.1. The first-order chi connectivity index (χ1) is 9.54. The molecule has 0 N–H and O–H groups in total. The van der Waals surface area contributed by atoms with Gasteiger partial charge in [0.2, 0.25) is 10.0 Å². The van der Waals surface area contributed by atoms with Crippen molar-refractivity contribution >= 4 is 33.2 Å². The van der Waals surface area contributed by atoms with E-state index in [0.29, 0.717) is 23.9 Å². The van der Waals surface area contributed by atoms with Gasteiger partial charge in [-0.2, -0.15) is 4.31 Å². The van der Waals surface area contributed by atoms with Crippen LogP contribution in [0.25, 0.3) is 0 Å². The van der Waals surface area contributed by atoms with Gasteiger partial charge >= 0.3 is 0 Å². The predicted molar refractivity (Wildman–Crippen MR) is 83.9 cm³/mol. The number of halogens is 2. The molecule has 20 heavy (non-hydrogen) atoms. The number of rotatable bonds is 6. The standard InChI is InChI=1S/C14H19Cl2NO2S/c15-8-1-2-10-20(18,19)17-9-4-7-14(17)12-5-3-6-13(16)11-12/h3,5-6,11,14H,1-2,4,7-10H2. The maximum atomic E-state index is 12.4. The third kappa shape index (κ3) is 3.88. The van der Waals surface area contributed by atoms with Crippen LogP contribution in [0.4, 0.5) is 0 Å². The van der Waals surface area contributed by atoms with Gasteiger partial charge in [0.15, 0.2) is 0 Å². The molecule has 2 rings (SSSR count). The second kappa shape index (κ2) is 7.12. The summed E-state index contributed by atoms with van der Waals surface area (Å²) in [5, 5.41) is 0.647. The average molecular weight is 336 g/mol. The van der Waals surface area contributed by atoms with Gasteiger partial charge in [0.1, 0.15) is 0 Å². The Hall–Kier alpha value is -0.290. The van der Waals surface area contributed by atoms with Gasteiger partial charge in [-0.25, -0.2) is 8.42 Å². The molecule has 1 fully saturated rings. The van der Waals surface area contributed by atoms with Crippen molar-refractivity contribution in [3.8, 4) is 0 Å². The van der Waals surface area contributed by atoms with Crippen LogP contribution < -0.4 is 0 Å². The van der Waals surface area contributed by atoms with Gasteiger partial charge in [-0.1, -0.05) is 23.7 Å². The predicted octanol–water partition coefficient (Wildman–Crippen LogP) is 3.83. The molecule has 1 aromatic carbocycles. The highest BCUT2D eigenvalue weighted by atomic mass is 35.5. The van der Waals surface area contributed by atoms with Gasteiger partial charge in [0.05, 0.1) is 5.75 Å². The Bertz CT molecular complexity index is 548. The first-order valence-electron chi connectivity index (χ1n) is 6.85. The lowest BCUT2D eigenvalue weighted by molar-refractivity contribution is 0.396. The Balaban J connectivity index is 2.14. The van der Waals surface area contributed by atoms with E-state index in [1.165, 1.54) is 0 Å². The topological polar surface area (TPSA) is 37.4 Å². The molecular formula is C14H19Cl2NO2S. The van der Waals surface area contributed by atoms with Crippen molar-refractivity contribution in [2.24, 2.45) is 0 Å². The van der Waals surface area contributed by atoms with E-state index in [1.54, 1.807) is 10.4 Å². The average Bonchev–Trinajstić information content (AvgIpc) is 2.89. The highest BCUT2D eigenvalue weighted by Gasteiger charge is 2.34. The van der Waals surface area contributed by atoms with Crippen molar-refractivity contribution in [3.05, 3.63) is 34.9 Å². The first-order valence-corrected chi connectivity index (χ1v) is 9.38. The van der Waals surface area contributed by atoms with E-state index in [9.17, 15) is 8.42 Å². The maximum absolute atomic E-state index is 12.4. The molecule has 0 saturated carbocycles. The van der Waals surface area contributed by atoms with Crippen LogP contribution in [-0.2, 0) is 10.0 Å². The van der Waals surface area contributed by atoms with Gasteiger partial charge in [0.25, 0.3) is 0 Å². The molecule has 0 aliphatic carbocycles. The van der Waals surface area contributed by atoms with Crippen molar-refractivity contribution in [1.82, 2.24) is 4.31 Å². The Kier molecular flexibility index (Phi) is 5.73. The highest BCUT2D eigenvalue weighted by molar-refractivity contribution is 7.89. The Morgan fingerprint density at radius 2 is 2.10 bits per heavy atom. The molecule has 1 saturated heterocycles. The van der Waals surface area contributed by atoms with Crippen LogP contribution in [0.1, 0.15) is 37.3 Å². The SMILES string of the molecule is O=S(=O)(CCCCCl)N1CCCC1c1cccc(Cl)c1. The molecule has 112 valence electrons. The maximum Gasteiger partial charge on any atom is 0.214 e.